The molecule has 0 saturated carbocycles. The van der Waals surface area contributed by atoms with E-state index < -0.39 is 0 Å². The lowest BCUT2D eigenvalue weighted by Crippen LogP contribution is -2.36. The molecule has 2 aromatic rings. The molecular weight excluding hydrogens is 306 g/mol. The maximum absolute atomic E-state index is 12.5. The first-order valence-corrected chi connectivity index (χ1v) is 6.99. The van der Waals surface area contributed by atoms with Gasteiger partial charge in [-0.3, -0.25) is 9.48 Å². The summed E-state index contributed by atoms with van der Waals surface area (Å²) in [6.07, 6.45) is 2.71. The summed E-state index contributed by atoms with van der Waals surface area (Å²) in [4.78, 5) is 14.3. The summed E-state index contributed by atoms with van der Waals surface area (Å²) in [6, 6.07) is 8.28. The predicted octanol–water partition coefficient (Wildman–Crippen LogP) is 2.38. The SMILES string of the molecule is Cn1cc(Br)c(C(=O)N2CCc3ccccc3C2)n1. The third-order valence-electron chi connectivity index (χ3n) is 3.40. The first kappa shape index (κ1) is 12.4. The summed E-state index contributed by atoms with van der Waals surface area (Å²) < 4.78 is 2.40. The van der Waals surface area contributed by atoms with Crippen LogP contribution in [0.1, 0.15) is 21.6 Å². The molecular formula is C14H14BrN3O. The van der Waals surface area contributed by atoms with E-state index in [-0.39, 0.29) is 5.91 Å². The molecule has 19 heavy (non-hydrogen) atoms. The van der Waals surface area contributed by atoms with Gasteiger partial charge in [-0.2, -0.15) is 5.10 Å². The van der Waals surface area contributed by atoms with Crippen molar-refractivity contribution < 1.29 is 4.79 Å². The van der Waals surface area contributed by atoms with Gasteiger partial charge in [-0.05, 0) is 33.5 Å². The number of aromatic nitrogens is 2. The Balaban J connectivity index is 1.85. The second kappa shape index (κ2) is 4.81. The average molecular weight is 320 g/mol. The van der Waals surface area contributed by atoms with Crippen molar-refractivity contribution >= 4 is 21.8 Å². The van der Waals surface area contributed by atoms with Gasteiger partial charge in [0.2, 0.25) is 0 Å². The molecule has 5 heteroatoms. The number of rotatable bonds is 1. The summed E-state index contributed by atoms with van der Waals surface area (Å²) in [5.74, 6) is -0.0121. The maximum Gasteiger partial charge on any atom is 0.275 e. The normalized spacial score (nSPS) is 14.3. The minimum Gasteiger partial charge on any atom is -0.333 e. The van der Waals surface area contributed by atoms with Crippen LogP contribution in [-0.2, 0) is 20.0 Å². The van der Waals surface area contributed by atoms with Gasteiger partial charge in [0.25, 0.3) is 5.91 Å². The zero-order valence-corrected chi connectivity index (χ0v) is 12.2. The van der Waals surface area contributed by atoms with Crippen LogP contribution in [0.15, 0.2) is 34.9 Å². The van der Waals surface area contributed by atoms with Crippen LogP contribution in [0, 0.1) is 0 Å². The fourth-order valence-corrected chi connectivity index (χ4v) is 2.97. The number of halogens is 1. The van der Waals surface area contributed by atoms with E-state index in [2.05, 4.69) is 33.2 Å². The monoisotopic (exact) mass is 319 g/mol. The van der Waals surface area contributed by atoms with Crippen molar-refractivity contribution in [2.45, 2.75) is 13.0 Å². The second-order valence-electron chi connectivity index (χ2n) is 4.74. The lowest BCUT2D eigenvalue weighted by atomic mass is 10.00. The molecule has 0 N–H and O–H groups in total. The van der Waals surface area contributed by atoms with E-state index in [1.807, 2.05) is 24.1 Å². The molecule has 1 aliphatic rings. The Hall–Kier alpha value is -1.62. The minimum absolute atomic E-state index is 0.0121. The number of carbonyl (C=O) groups excluding carboxylic acids is 1. The molecule has 4 nitrogen and oxygen atoms in total. The molecule has 0 atom stereocenters. The number of hydrogen-bond donors (Lipinski definition) is 0. The zero-order valence-electron chi connectivity index (χ0n) is 10.6. The highest BCUT2D eigenvalue weighted by Crippen LogP contribution is 2.22. The summed E-state index contributed by atoms with van der Waals surface area (Å²) >= 11 is 3.39. The smallest absolute Gasteiger partial charge is 0.275 e. The van der Waals surface area contributed by atoms with Crippen molar-refractivity contribution in [1.29, 1.82) is 0 Å². The Morgan fingerprint density at radius 2 is 2.05 bits per heavy atom. The largest absolute Gasteiger partial charge is 0.333 e. The zero-order chi connectivity index (χ0) is 13.4. The van der Waals surface area contributed by atoms with Crippen molar-refractivity contribution in [1.82, 2.24) is 14.7 Å². The van der Waals surface area contributed by atoms with Crippen molar-refractivity contribution in [3.63, 3.8) is 0 Å². The van der Waals surface area contributed by atoms with E-state index in [9.17, 15) is 4.79 Å². The first-order valence-electron chi connectivity index (χ1n) is 6.20. The van der Waals surface area contributed by atoms with Gasteiger partial charge in [0.05, 0.1) is 4.47 Å². The topological polar surface area (TPSA) is 38.1 Å². The highest BCUT2D eigenvalue weighted by molar-refractivity contribution is 9.10. The van der Waals surface area contributed by atoms with E-state index >= 15 is 0 Å². The third-order valence-corrected chi connectivity index (χ3v) is 3.98. The van der Waals surface area contributed by atoms with Crippen LogP contribution < -0.4 is 0 Å². The van der Waals surface area contributed by atoms with E-state index in [1.54, 1.807) is 10.9 Å². The third kappa shape index (κ3) is 2.30. The molecule has 0 aliphatic carbocycles. The van der Waals surface area contributed by atoms with E-state index in [0.29, 0.717) is 12.2 Å². The van der Waals surface area contributed by atoms with Gasteiger partial charge in [-0.1, -0.05) is 24.3 Å². The Morgan fingerprint density at radius 1 is 1.32 bits per heavy atom. The van der Waals surface area contributed by atoms with Crippen molar-refractivity contribution in [2.75, 3.05) is 6.54 Å². The molecule has 3 rings (SSSR count). The lowest BCUT2D eigenvalue weighted by molar-refractivity contribution is 0.0727. The highest BCUT2D eigenvalue weighted by atomic mass is 79.9. The van der Waals surface area contributed by atoms with Crippen molar-refractivity contribution in [2.24, 2.45) is 7.05 Å². The Bertz CT molecular complexity index is 635. The van der Waals surface area contributed by atoms with Crippen LogP contribution >= 0.6 is 15.9 Å². The van der Waals surface area contributed by atoms with Crippen molar-refractivity contribution in [3.05, 3.63) is 51.8 Å². The fourth-order valence-electron chi connectivity index (χ4n) is 2.42. The molecule has 0 fully saturated rings. The fraction of sp³-hybridized carbons (Fsp3) is 0.286. The standard InChI is InChI=1S/C14H14BrN3O/c1-17-9-12(15)13(16-17)14(19)18-7-6-10-4-2-3-5-11(10)8-18/h2-5,9H,6-8H2,1H3. The molecule has 0 saturated heterocycles. The maximum atomic E-state index is 12.5. The van der Waals surface area contributed by atoms with Crippen LogP contribution in [0.25, 0.3) is 0 Å². The Labute approximate surface area is 120 Å². The molecule has 98 valence electrons. The Kier molecular flexibility index (Phi) is 3.14. The predicted molar refractivity (Wildman–Crippen MR) is 75.8 cm³/mol. The van der Waals surface area contributed by atoms with E-state index in [4.69, 9.17) is 0 Å². The quantitative estimate of drug-likeness (QED) is 0.809. The number of carbonyl (C=O) groups is 1. The first-order chi connectivity index (χ1) is 9.15. The van der Waals surface area contributed by atoms with Crippen molar-refractivity contribution in [3.8, 4) is 0 Å². The van der Waals surface area contributed by atoms with Crippen LogP contribution in [0.3, 0.4) is 0 Å². The van der Waals surface area contributed by atoms with E-state index in [0.717, 1.165) is 17.4 Å². The summed E-state index contributed by atoms with van der Waals surface area (Å²) in [5, 5.41) is 4.22. The van der Waals surface area contributed by atoms with Crippen LogP contribution in [0.4, 0.5) is 0 Å². The van der Waals surface area contributed by atoms with Gasteiger partial charge in [0.1, 0.15) is 0 Å². The van der Waals surface area contributed by atoms with Gasteiger partial charge in [0, 0.05) is 26.3 Å². The van der Waals surface area contributed by atoms with Gasteiger partial charge < -0.3 is 4.90 Å². The van der Waals surface area contributed by atoms with Gasteiger partial charge in [0.15, 0.2) is 5.69 Å². The number of benzene rings is 1. The number of amides is 1. The lowest BCUT2D eigenvalue weighted by Gasteiger charge is -2.28. The highest BCUT2D eigenvalue weighted by Gasteiger charge is 2.24. The molecule has 0 spiro atoms. The van der Waals surface area contributed by atoms with Gasteiger partial charge in [-0.15, -0.1) is 0 Å². The van der Waals surface area contributed by atoms with E-state index in [1.165, 1.54) is 11.1 Å². The molecule has 1 aromatic heterocycles. The average Bonchev–Trinajstić information content (AvgIpc) is 2.76. The summed E-state index contributed by atoms with van der Waals surface area (Å²) in [5.41, 5.74) is 3.06. The second-order valence-corrected chi connectivity index (χ2v) is 5.60. The molecule has 1 aromatic carbocycles. The summed E-state index contributed by atoms with van der Waals surface area (Å²) in [6.45, 7) is 1.41. The number of aryl methyl sites for hydroxylation is 1. The molecule has 2 heterocycles. The molecule has 1 aliphatic heterocycles. The van der Waals surface area contributed by atoms with Gasteiger partial charge >= 0.3 is 0 Å². The molecule has 0 bridgehead atoms. The number of fused-ring (bicyclic) bond motifs is 1. The van der Waals surface area contributed by atoms with Crippen LogP contribution in [0.5, 0.6) is 0 Å². The number of nitrogens with zero attached hydrogens (tertiary/aromatic N) is 3. The van der Waals surface area contributed by atoms with Crippen LogP contribution in [-0.4, -0.2) is 27.1 Å². The van der Waals surface area contributed by atoms with Crippen LogP contribution in [0.2, 0.25) is 0 Å². The molecule has 0 radical (unpaired) electrons. The molecule has 0 unspecified atom stereocenters. The minimum atomic E-state index is -0.0121. The van der Waals surface area contributed by atoms with Gasteiger partial charge in [-0.25, -0.2) is 0 Å². The molecule has 1 amide bonds. The summed E-state index contributed by atoms with van der Waals surface area (Å²) in [7, 11) is 1.81. The Morgan fingerprint density at radius 3 is 2.74 bits per heavy atom. The number of hydrogen-bond acceptors (Lipinski definition) is 2.